The van der Waals surface area contributed by atoms with Gasteiger partial charge in [-0.3, -0.25) is 0 Å². The van der Waals surface area contributed by atoms with Crippen molar-refractivity contribution >= 4 is 5.69 Å². The van der Waals surface area contributed by atoms with Gasteiger partial charge in [0, 0.05) is 30.9 Å². The number of anilines is 1. The summed E-state index contributed by atoms with van der Waals surface area (Å²) in [7, 11) is 0. The maximum absolute atomic E-state index is 5.05. The molecule has 1 aliphatic rings. The molecule has 1 aromatic heterocycles. The van der Waals surface area contributed by atoms with Gasteiger partial charge in [0.25, 0.3) is 0 Å². The Bertz CT molecular complexity index is 493. The summed E-state index contributed by atoms with van der Waals surface area (Å²) in [5.41, 5.74) is 3.93. The molecular formula is C15H18N2O. The molecule has 1 unspecified atom stereocenters. The van der Waals surface area contributed by atoms with Gasteiger partial charge in [0.05, 0.1) is 12.5 Å². The minimum Gasteiger partial charge on any atom is -0.472 e. The second kappa shape index (κ2) is 5.27. The average molecular weight is 242 g/mol. The first-order valence-corrected chi connectivity index (χ1v) is 6.45. The van der Waals surface area contributed by atoms with Crippen molar-refractivity contribution in [3.8, 4) is 0 Å². The van der Waals surface area contributed by atoms with Gasteiger partial charge in [-0.05, 0) is 30.0 Å². The Balaban J connectivity index is 1.51. The molecule has 0 amide bonds. The van der Waals surface area contributed by atoms with Gasteiger partial charge in [0.2, 0.25) is 0 Å². The molecule has 3 heteroatoms. The Hall–Kier alpha value is -1.74. The molecule has 0 radical (unpaired) electrons. The summed E-state index contributed by atoms with van der Waals surface area (Å²) in [6.07, 6.45) is 4.67. The van der Waals surface area contributed by atoms with E-state index < -0.39 is 0 Å². The minimum absolute atomic E-state index is 0.659. The molecule has 2 aromatic rings. The highest BCUT2D eigenvalue weighted by molar-refractivity contribution is 5.53. The molecule has 0 bridgehead atoms. The quantitative estimate of drug-likeness (QED) is 0.865. The topological polar surface area (TPSA) is 37.2 Å². The maximum Gasteiger partial charge on any atom is 0.0947 e. The molecule has 94 valence electrons. The second-order valence-corrected chi connectivity index (χ2v) is 4.87. The van der Waals surface area contributed by atoms with Crippen molar-refractivity contribution in [2.24, 2.45) is 5.92 Å². The van der Waals surface area contributed by atoms with Gasteiger partial charge in [0.1, 0.15) is 0 Å². The van der Waals surface area contributed by atoms with Gasteiger partial charge < -0.3 is 15.1 Å². The minimum atomic E-state index is 0.659. The third-order valence-electron chi connectivity index (χ3n) is 3.45. The van der Waals surface area contributed by atoms with Gasteiger partial charge >= 0.3 is 0 Å². The highest BCUT2D eigenvalue weighted by Gasteiger charge is 2.16. The fourth-order valence-electron chi connectivity index (χ4n) is 2.47. The van der Waals surface area contributed by atoms with Crippen LogP contribution in [0.1, 0.15) is 11.1 Å². The number of rotatable bonds is 4. The smallest absolute Gasteiger partial charge is 0.0947 e. The molecule has 2 N–H and O–H groups in total. The second-order valence-electron chi connectivity index (χ2n) is 4.87. The van der Waals surface area contributed by atoms with E-state index in [0.29, 0.717) is 5.92 Å². The zero-order chi connectivity index (χ0) is 12.2. The van der Waals surface area contributed by atoms with Crippen LogP contribution in [0.4, 0.5) is 5.69 Å². The molecule has 3 nitrogen and oxygen atoms in total. The normalized spacial score (nSPS) is 18.1. The molecule has 1 aliphatic heterocycles. The first-order valence-electron chi connectivity index (χ1n) is 6.45. The number of furan rings is 1. The van der Waals surface area contributed by atoms with Crippen molar-refractivity contribution in [2.45, 2.75) is 13.0 Å². The number of para-hydroxylation sites is 1. The molecule has 18 heavy (non-hydrogen) atoms. The maximum atomic E-state index is 5.05. The molecule has 2 heterocycles. The first kappa shape index (κ1) is 11.4. The lowest BCUT2D eigenvalue weighted by molar-refractivity contribution is 0.481. The third-order valence-corrected chi connectivity index (χ3v) is 3.45. The van der Waals surface area contributed by atoms with Gasteiger partial charge in [-0.2, -0.15) is 0 Å². The Morgan fingerprint density at radius 1 is 1.28 bits per heavy atom. The van der Waals surface area contributed by atoms with Crippen molar-refractivity contribution in [1.29, 1.82) is 0 Å². The highest BCUT2D eigenvalue weighted by Crippen LogP contribution is 2.23. The molecule has 0 saturated carbocycles. The zero-order valence-corrected chi connectivity index (χ0v) is 10.4. The molecule has 0 spiro atoms. The van der Waals surface area contributed by atoms with Crippen LogP contribution in [-0.4, -0.2) is 13.1 Å². The van der Waals surface area contributed by atoms with Crippen LogP contribution in [0.25, 0.3) is 0 Å². The molecule has 1 atom stereocenters. The van der Waals surface area contributed by atoms with Crippen LogP contribution in [0, 0.1) is 5.92 Å². The summed E-state index contributed by atoms with van der Waals surface area (Å²) < 4.78 is 5.05. The van der Waals surface area contributed by atoms with Crippen LogP contribution >= 0.6 is 0 Å². The van der Waals surface area contributed by atoms with Crippen molar-refractivity contribution in [3.05, 3.63) is 54.0 Å². The van der Waals surface area contributed by atoms with E-state index in [0.717, 1.165) is 26.1 Å². The van der Waals surface area contributed by atoms with Gasteiger partial charge in [-0.25, -0.2) is 0 Å². The standard InChI is InChI=1S/C15H18N2O/c1-2-4-15-14(3-1)7-13(10-17-15)9-16-8-12-5-6-18-11-12/h1-6,11,13,16-17H,7-10H2. The SMILES string of the molecule is c1ccc2c(c1)CC(CNCc1ccoc1)CN2. The number of benzene rings is 1. The van der Waals surface area contributed by atoms with Gasteiger partial charge in [-0.1, -0.05) is 18.2 Å². The van der Waals surface area contributed by atoms with Crippen LogP contribution in [0.5, 0.6) is 0 Å². The van der Waals surface area contributed by atoms with E-state index >= 15 is 0 Å². The number of hydrogen-bond donors (Lipinski definition) is 2. The van der Waals surface area contributed by atoms with E-state index in [9.17, 15) is 0 Å². The summed E-state index contributed by atoms with van der Waals surface area (Å²) in [6.45, 7) is 2.97. The monoisotopic (exact) mass is 242 g/mol. The molecule has 3 rings (SSSR count). The van der Waals surface area contributed by atoms with Crippen LogP contribution in [0.2, 0.25) is 0 Å². The van der Waals surface area contributed by atoms with Gasteiger partial charge in [-0.15, -0.1) is 0 Å². The van der Waals surface area contributed by atoms with Crippen molar-refractivity contribution in [2.75, 3.05) is 18.4 Å². The van der Waals surface area contributed by atoms with Crippen molar-refractivity contribution in [1.82, 2.24) is 5.32 Å². The predicted octanol–water partition coefficient (Wildman–Crippen LogP) is 2.65. The Labute approximate surface area is 107 Å². The average Bonchev–Trinajstić information content (AvgIpc) is 2.92. The van der Waals surface area contributed by atoms with Crippen molar-refractivity contribution < 1.29 is 4.42 Å². The summed E-state index contributed by atoms with van der Waals surface area (Å²) >= 11 is 0. The number of fused-ring (bicyclic) bond motifs is 1. The van der Waals surface area contributed by atoms with Crippen LogP contribution < -0.4 is 10.6 Å². The van der Waals surface area contributed by atoms with E-state index in [-0.39, 0.29) is 0 Å². The molecule has 1 aromatic carbocycles. The first-order chi connectivity index (χ1) is 8.92. The lowest BCUT2D eigenvalue weighted by Crippen LogP contribution is -2.32. The molecule has 0 saturated heterocycles. The third kappa shape index (κ3) is 2.57. The number of nitrogens with one attached hydrogen (secondary N) is 2. The zero-order valence-electron chi connectivity index (χ0n) is 10.4. The molecular weight excluding hydrogens is 224 g/mol. The molecule has 0 fully saturated rings. The van der Waals surface area contributed by atoms with E-state index in [1.54, 1.807) is 12.5 Å². The van der Waals surface area contributed by atoms with Crippen LogP contribution in [-0.2, 0) is 13.0 Å². The molecule has 0 aliphatic carbocycles. The van der Waals surface area contributed by atoms with E-state index in [4.69, 9.17) is 4.42 Å². The van der Waals surface area contributed by atoms with Crippen LogP contribution in [0.3, 0.4) is 0 Å². The van der Waals surface area contributed by atoms with E-state index in [2.05, 4.69) is 34.9 Å². The van der Waals surface area contributed by atoms with Crippen molar-refractivity contribution in [3.63, 3.8) is 0 Å². The lowest BCUT2D eigenvalue weighted by atomic mass is 9.94. The largest absolute Gasteiger partial charge is 0.472 e. The Morgan fingerprint density at radius 3 is 3.11 bits per heavy atom. The van der Waals surface area contributed by atoms with E-state index in [1.165, 1.54) is 16.8 Å². The fraction of sp³-hybridized carbons (Fsp3) is 0.333. The summed E-state index contributed by atoms with van der Waals surface area (Å²) in [5.74, 6) is 0.659. The number of hydrogen-bond acceptors (Lipinski definition) is 3. The lowest BCUT2D eigenvalue weighted by Gasteiger charge is -2.26. The highest BCUT2D eigenvalue weighted by atomic mass is 16.3. The fourth-order valence-corrected chi connectivity index (χ4v) is 2.47. The Morgan fingerprint density at radius 2 is 2.22 bits per heavy atom. The summed E-state index contributed by atoms with van der Waals surface area (Å²) in [5, 5.41) is 6.99. The predicted molar refractivity (Wildman–Crippen MR) is 72.5 cm³/mol. The van der Waals surface area contributed by atoms with E-state index in [1.807, 2.05) is 6.07 Å². The van der Waals surface area contributed by atoms with Crippen LogP contribution in [0.15, 0.2) is 47.3 Å². The van der Waals surface area contributed by atoms with Gasteiger partial charge in [0.15, 0.2) is 0 Å². The Kier molecular flexibility index (Phi) is 3.33. The summed E-state index contributed by atoms with van der Waals surface area (Å²) in [4.78, 5) is 0. The summed E-state index contributed by atoms with van der Waals surface area (Å²) in [6, 6.07) is 10.6.